The van der Waals surface area contributed by atoms with E-state index >= 15 is 0 Å². The number of hydrogen-bond donors (Lipinski definition) is 2. The van der Waals surface area contributed by atoms with Crippen LogP contribution in [-0.4, -0.2) is 58.9 Å². The van der Waals surface area contributed by atoms with Crippen molar-refractivity contribution in [3.05, 3.63) is 105 Å². The Labute approximate surface area is 217 Å². The fourth-order valence-corrected chi connectivity index (χ4v) is 4.36. The van der Waals surface area contributed by atoms with Crippen molar-refractivity contribution in [1.29, 1.82) is 0 Å². The number of nitro groups is 1. The van der Waals surface area contributed by atoms with Crippen LogP contribution in [0.25, 0.3) is 0 Å². The number of amides is 2. The zero-order valence-electron chi connectivity index (χ0n) is 20.2. The van der Waals surface area contributed by atoms with E-state index in [0.29, 0.717) is 43.0 Å². The fraction of sp³-hybridized carbons (Fsp3) is 0.222. The minimum Gasteiger partial charge on any atom is -0.481 e. The van der Waals surface area contributed by atoms with E-state index in [-0.39, 0.29) is 17.2 Å². The summed E-state index contributed by atoms with van der Waals surface area (Å²) in [6.45, 7) is 1.50. The number of rotatable bonds is 8. The van der Waals surface area contributed by atoms with Crippen LogP contribution in [0.3, 0.4) is 0 Å². The minimum atomic E-state index is -1.18. The molecule has 1 aliphatic heterocycles. The second kappa shape index (κ2) is 11.5. The Morgan fingerprint density at radius 2 is 1.61 bits per heavy atom. The van der Waals surface area contributed by atoms with Gasteiger partial charge in [-0.25, -0.2) is 4.39 Å². The number of carboxylic acid groups (broad SMARTS) is 1. The highest BCUT2D eigenvalue weighted by molar-refractivity contribution is 5.96. The van der Waals surface area contributed by atoms with Crippen molar-refractivity contribution >= 4 is 29.2 Å². The van der Waals surface area contributed by atoms with Crippen LogP contribution in [0.4, 0.5) is 15.8 Å². The van der Waals surface area contributed by atoms with Crippen LogP contribution in [0.5, 0.6) is 0 Å². The van der Waals surface area contributed by atoms with E-state index in [2.05, 4.69) is 5.32 Å². The van der Waals surface area contributed by atoms with Crippen LogP contribution in [0.1, 0.15) is 38.7 Å². The predicted octanol–water partition coefficient (Wildman–Crippen LogP) is 3.64. The van der Waals surface area contributed by atoms with Crippen LogP contribution in [-0.2, 0) is 4.79 Å². The van der Waals surface area contributed by atoms with Crippen molar-refractivity contribution in [3.8, 4) is 0 Å². The first-order chi connectivity index (χ1) is 18.2. The van der Waals surface area contributed by atoms with Gasteiger partial charge in [0.15, 0.2) is 0 Å². The van der Waals surface area contributed by atoms with E-state index < -0.39 is 35.1 Å². The van der Waals surface area contributed by atoms with Crippen molar-refractivity contribution in [1.82, 2.24) is 10.2 Å². The van der Waals surface area contributed by atoms with Crippen molar-refractivity contribution in [3.63, 3.8) is 0 Å². The van der Waals surface area contributed by atoms with E-state index in [1.807, 2.05) is 6.07 Å². The first-order valence-corrected chi connectivity index (χ1v) is 11.9. The summed E-state index contributed by atoms with van der Waals surface area (Å²) < 4.78 is 13.3. The number of nitrogens with one attached hydrogen (secondary N) is 1. The van der Waals surface area contributed by atoms with E-state index in [1.54, 1.807) is 34.1 Å². The maximum absolute atomic E-state index is 13.3. The predicted molar refractivity (Wildman–Crippen MR) is 137 cm³/mol. The molecule has 196 valence electrons. The maximum Gasteiger partial charge on any atom is 0.305 e. The van der Waals surface area contributed by atoms with E-state index in [0.717, 1.165) is 18.2 Å². The van der Waals surface area contributed by atoms with Crippen molar-refractivity contribution in [2.75, 3.05) is 31.1 Å². The Balaban J connectivity index is 1.49. The molecule has 1 unspecified atom stereocenters. The molecule has 0 aromatic heterocycles. The largest absolute Gasteiger partial charge is 0.481 e. The standard InChI is InChI=1S/C27H25FN4O6/c28-21-9-6-18(7-10-21)22(17-25(33)34)29-26(35)20-8-11-23(24(16-20)32(37)38)30-12-14-31(15-13-30)27(36)19-4-2-1-3-5-19/h1-11,16,22H,12-15,17H2,(H,29,35)(H,33,34). The van der Waals surface area contributed by atoms with Gasteiger partial charge in [0.05, 0.1) is 17.4 Å². The Hall–Kier alpha value is -4.80. The van der Waals surface area contributed by atoms with Gasteiger partial charge in [-0.3, -0.25) is 24.5 Å². The zero-order chi connectivity index (χ0) is 27.2. The minimum absolute atomic E-state index is 0.0177. The van der Waals surface area contributed by atoms with Crippen LogP contribution in [0, 0.1) is 15.9 Å². The molecule has 3 aromatic rings. The average Bonchev–Trinajstić information content (AvgIpc) is 2.92. The third-order valence-electron chi connectivity index (χ3n) is 6.32. The first-order valence-electron chi connectivity index (χ1n) is 11.9. The summed E-state index contributed by atoms with van der Waals surface area (Å²) in [7, 11) is 0. The Morgan fingerprint density at radius 3 is 2.21 bits per heavy atom. The summed E-state index contributed by atoms with van der Waals surface area (Å²) in [5.74, 6) is -2.49. The highest BCUT2D eigenvalue weighted by Crippen LogP contribution is 2.31. The molecule has 0 saturated carbocycles. The molecular formula is C27H25FN4O6. The summed E-state index contributed by atoms with van der Waals surface area (Å²) in [4.78, 5) is 51.8. The van der Waals surface area contributed by atoms with Gasteiger partial charge in [0.2, 0.25) is 0 Å². The highest BCUT2D eigenvalue weighted by Gasteiger charge is 2.28. The monoisotopic (exact) mass is 520 g/mol. The molecule has 3 aromatic carbocycles. The molecule has 0 aliphatic carbocycles. The number of halogens is 1. The summed E-state index contributed by atoms with van der Waals surface area (Å²) in [6.07, 6.45) is -0.455. The number of hydrogen-bond acceptors (Lipinski definition) is 6. The van der Waals surface area contributed by atoms with Gasteiger partial charge in [-0.05, 0) is 42.0 Å². The normalized spacial score (nSPS) is 14.0. The second-order valence-electron chi connectivity index (χ2n) is 8.78. The molecule has 2 N–H and O–H groups in total. The molecule has 38 heavy (non-hydrogen) atoms. The van der Waals surface area contributed by atoms with Gasteiger partial charge in [0, 0.05) is 43.4 Å². The lowest BCUT2D eigenvalue weighted by atomic mass is 10.0. The third-order valence-corrected chi connectivity index (χ3v) is 6.32. The number of nitro benzene ring substituents is 1. The maximum atomic E-state index is 13.3. The van der Waals surface area contributed by atoms with Gasteiger partial charge in [0.1, 0.15) is 11.5 Å². The van der Waals surface area contributed by atoms with Crippen LogP contribution in [0.2, 0.25) is 0 Å². The summed E-state index contributed by atoms with van der Waals surface area (Å²) >= 11 is 0. The number of carboxylic acids is 1. The number of benzene rings is 3. The highest BCUT2D eigenvalue weighted by atomic mass is 19.1. The Kier molecular flexibility index (Phi) is 7.95. The molecule has 11 heteroatoms. The number of nitrogens with zero attached hydrogens (tertiary/aromatic N) is 3. The lowest BCUT2D eigenvalue weighted by Crippen LogP contribution is -2.49. The number of aliphatic carboxylic acids is 1. The summed E-state index contributed by atoms with van der Waals surface area (Å²) in [6, 6.07) is 17.0. The smallest absolute Gasteiger partial charge is 0.305 e. The van der Waals surface area contributed by atoms with E-state index in [1.165, 1.54) is 24.3 Å². The second-order valence-corrected chi connectivity index (χ2v) is 8.78. The molecule has 1 aliphatic rings. The molecular weight excluding hydrogens is 495 g/mol. The van der Waals surface area contributed by atoms with E-state index in [4.69, 9.17) is 0 Å². The van der Waals surface area contributed by atoms with Crippen molar-refractivity contribution in [2.24, 2.45) is 0 Å². The molecule has 0 spiro atoms. The lowest BCUT2D eigenvalue weighted by Gasteiger charge is -2.36. The molecule has 4 rings (SSSR count). The van der Waals surface area contributed by atoms with Crippen molar-refractivity contribution < 1.29 is 28.8 Å². The molecule has 1 atom stereocenters. The molecule has 10 nitrogen and oxygen atoms in total. The lowest BCUT2D eigenvalue weighted by molar-refractivity contribution is -0.384. The van der Waals surface area contributed by atoms with Gasteiger partial charge in [0.25, 0.3) is 17.5 Å². The van der Waals surface area contributed by atoms with E-state index in [9.17, 15) is 34.0 Å². The van der Waals surface area contributed by atoms with Gasteiger partial charge >= 0.3 is 5.97 Å². The molecule has 0 bridgehead atoms. The number of piperazine rings is 1. The van der Waals surface area contributed by atoms with Crippen LogP contribution >= 0.6 is 0 Å². The van der Waals surface area contributed by atoms with Gasteiger partial charge in [-0.1, -0.05) is 30.3 Å². The van der Waals surface area contributed by atoms with Gasteiger partial charge in [-0.2, -0.15) is 0 Å². The Bertz CT molecular complexity index is 1340. The summed E-state index contributed by atoms with van der Waals surface area (Å²) in [5.41, 5.74) is 0.979. The zero-order valence-corrected chi connectivity index (χ0v) is 20.2. The first kappa shape index (κ1) is 26.3. The number of carbonyl (C=O) groups excluding carboxylic acids is 2. The topological polar surface area (TPSA) is 133 Å². The van der Waals surface area contributed by atoms with Crippen LogP contribution < -0.4 is 10.2 Å². The molecule has 1 saturated heterocycles. The number of carbonyl (C=O) groups is 3. The summed E-state index contributed by atoms with van der Waals surface area (Å²) in [5, 5.41) is 23.7. The van der Waals surface area contributed by atoms with Crippen molar-refractivity contribution in [2.45, 2.75) is 12.5 Å². The Morgan fingerprint density at radius 1 is 0.947 bits per heavy atom. The average molecular weight is 521 g/mol. The number of anilines is 1. The molecule has 2 amide bonds. The van der Waals surface area contributed by atoms with Gasteiger partial charge in [-0.15, -0.1) is 0 Å². The SMILES string of the molecule is O=C(O)CC(NC(=O)c1ccc(N2CCN(C(=O)c3ccccc3)CC2)c([N+](=O)[O-])c1)c1ccc(F)cc1. The quantitative estimate of drug-likeness (QED) is 0.342. The third kappa shape index (κ3) is 6.12. The fourth-order valence-electron chi connectivity index (χ4n) is 4.36. The molecule has 0 radical (unpaired) electrons. The van der Waals surface area contributed by atoms with Gasteiger partial charge < -0.3 is 20.2 Å². The van der Waals surface area contributed by atoms with Crippen LogP contribution in [0.15, 0.2) is 72.8 Å². The molecule has 1 fully saturated rings. The molecule has 1 heterocycles.